The minimum atomic E-state index is -4.88. The smallest absolute Gasteiger partial charge is 0.350 e. The van der Waals surface area contributed by atoms with Crippen molar-refractivity contribution in [1.29, 1.82) is 0 Å². The number of thiophene rings is 1. The summed E-state index contributed by atoms with van der Waals surface area (Å²) >= 11 is 1.60. The van der Waals surface area contributed by atoms with Gasteiger partial charge in [0.2, 0.25) is 0 Å². The molecule has 0 saturated heterocycles. The second-order valence-corrected chi connectivity index (χ2v) is 6.07. The minimum absolute atomic E-state index is 0.0775. The summed E-state index contributed by atoms with van der Waals surface area (Å²) in [6.45, 7) is 2.00. The van der Waals surface area contributed by atoms with E-state index in [2.05, 4.69) is 9.99 Å². The van der Waals surface area contributed by atoms with E-state index in [1.165, 1.54) is 0 Å². The van der Waals surface area contributed by atoms with E-state index in [-0.39, 0.29) is 5.71 Å². The third-order valence-corrected chi connectivity index (χ3v) is 4.49. The molecule has 3 nitrogen and oxygen atoms in total. The van der Waals surface area contributed by atoms with Crippen molar-refractivity contribution in [2.45, 2.75) is 25.3 Å². The average molecular weight is 327 g/mol. The number of hydrogen-bond acceptors (Lipinski definition) is 4. The molecule has 1 aromatic heterocycles. The van der Waals surface area contributed by atoms with Crippen molar-refractivity contribution in [2.24, 2.45) is 5.16 Å². The summed E-state index contributed by atoms with van der Waals surface area (Å²) in [5.41, 5.74) is 2.71. The number of nitrogens with zero attached hydrogens (tertiary/aromatic N) is 1. The van der Waals surface area contributed by atoms with E-state index in [0.29, 0.717) is 5.56 Å². The van der Waals surface area contributed by atoms with E-state index in [0.717, 1.165) is 16.0 Å². The number of hydrogen-bond donors (Lipinski definition) is 1. The molecule has 1 aliphatic heterocycles. The first kappa shape index (κ1) is 15.1. The van der Waals surface area contributed by atoms with Gasteiger partial charge in [0.05, 0.1) is 12.1 Å². The van der Waals surface area contributed by atoms with Crippen LogP contribution < -0.4 is 0 Å². The number of benzene rings is 1. The molecule has 1 atom stereocenters. The molecular weight excluding hydrogens is 315 g/mol. The van der Waals surface area contributed by atoms with Crippen molar-refractivity contribution < 1.29 is 23.1 Å². The molecule has 2 aromatic rings. The number of rotatable bonds is 2. The van der Waals surface area contributed by atoms with Crippen molar-refractivity contribution in [3.05, 3.63) is 46.8 Å². The lowest BCUT2D eigenvalue weighted by Crippen LogP contribution is -2.45. The van der Waals surface area contributed by atoms with E-state index in [4.69, 9.17) is 0 Å². The number of aliphatic hydroxyl groups is 1. The van der Waals surface area contributed by atoms with Gasteiger partial charge in [0.1, 0.15) is 0 Å². The maximum atomic E-state index is 12.7. The molecule has 116 valence electrons. The Kier molecular flexibility index (Phi) is 3.49. The Balaban J connectivity index is 1.80. The molecule has 0 aliphatic carbocycles. The van der Waals surface area contributed by atoms with Crippen molar-refractivity contribution in [2.75, 3.05) is 0 Å². The zero-order valence-electron chi connectivity index (χ0n) is 11.5. The normalized spacial score (nSPS) is 21.6. The zero-order valence-corrected chi connectivity index (χ0v) is 12.3. The van der Waals surface area contributed by atoms with Gasteiger partial charge in [-0.3, -0.25) is 0 Å². The zero-order chi connectivity index (χ0) is 16.0. The second-order valence-electron chi connectivity index (χ2n) is 5.15. The van der Waals surface area contributed by atoms with Gasteiger partial charge in [-0.25, -0.2) is 0 Å². The lowest BCUT2D eigenvalue weighted by Gasteiger charge is -2.22. The van der Waals surface area contributed by atoms with Gasteiger partial charge < -0.3 is 9.94 Å². The molecule has 22 heavy (non-hydrogen) atoms. The summed E-state index contributed by atoms with van der Waals surface area (Å²) in [7, 11) is 0. The molecule has 0 spiro atoms. The van der Waals surface area contributed by atoms with Crippen LogP contribution in [-0.2, 0) is 4.84 Å². The van der Waals surface area contributed by atoms with Crippen molar-refractivity contribution >= 4 is 17.0 Å². The van der Waals surface area contributed by atoms with Crippen LogP contribution in [0.1, 0.15) is 17.5 Å². The standard InChI is InChI=1S/C15H12F3NO2S/c1-9-6-13(22-8-9)11-4-2-10(3-5-11)12-7-14(20,21-19-12)15(16,17)18/h2-6,8,20H,7H2,1H3. The van der Waals surface area contributed by atoms with E-state index in [1.807, 2.05) is 30.5 Å². The SMILES string of the molecule is Cc1csc(-c2ccc(C3=NOC(O)(C(F)(F)F)C3)cc2)c1. The molecule has 1 unspecified atom stereocenters. The van der Waals surface area contributed by atoms with E-state index in [1.54, 1.807) is 23.5 Å². The third-order valence-electron chi connectivity index (χ3n) is 3.39. The van der Waals surface area contributed by atoms with Crippen LogP contribution in [-0.4, -0.2) is 22.8 Å². The van der Waals surface area contributed by atoms with Gasteiger partial charge in [0, 0.05) is 4.88 Å². The van der Waals surface area contributed by atoms with Crippen molar-refractivity contribution in [1.82, 2.24) is 0 Å². The van der Waals surface area contributed by atoms with Crippen LogP contribution in [0.4, 0.5) is 13.2 Å². The van der Waals surface area contributed by atoms with Gasteiger partial charge in [-0.1, -0.05) is 29.4 Å². The molecule has 0 amide bonds. The van der Waals surface area contributed by atoms with Crippen LogP contribution in [0.5, 0.6) is 0 Å². The number of oxime groups is 1. The van der Waals surface area contributed by atoms with Gasteiger partial charge in [0.25, 0.3) is 0 Å². The van der Waals surface area contributed by atoms with Gasteiger partial charge in [-0.2, -0.15) is 13.2 Å². The fourth-order valence-corrected chi connectivity index (χ4v) is 3.05. The highest BCUT2D eigenvalue weighted by Crippen LogP contribution is 2.39. The first-order chi connectivity index (χ1) is 10.3. The monoisotopic (exact) mass is 327 g/mol. The molecule has 7 heteroatoms. The van der Waals surface area contributed by atoms with Crippen molar-refractivity contribution in [3.63, 3.8) is 0 Å². The lowest BCUT2D eigenvalue weighted by molar-refractivity contribution is -0.355. The molecule has 0 saturated carbocycles. The van der Waals surface area contributed by atoms with Gasteiger partial charge in [-0.15, -0.1) is 11.3 Å². The van der Waals surface area contributed by atoms with E-state index in [9.17, 15) is 18.3 Å². The minimum Gasteiger partial charge on any atom is -0.350 e. The molecule has 3 rings (SSSR count). The first-order valence-corrected chi connectivity index (χ1v) is 7.36. The molecule has 0 radical (unpaired) electrons. The maximum absolute atomic E-state index is 12.7. The molecule has 1 N–H and O–H groups in total. The maximum Gasteiger partial charge on any atom is 0.458 e. The Morgan fingerprint density at radius 1 is 1.23 bits per heavy atom. The Morgan fingerprint density at radius 2 is 1.86 bits per heavy atom. The molecule has 0 fully saturated rings. The molecule has 1 aromatic carbocycles. The van der Waals surface area contributed by atoms with Gasteiger partial charge >= 0.3 is 12.0 Å². The highest BCUT2D eigenvalue weighted by Gasteiger charge is 2.60. The molecule has 0 bridgehead atoms. The Hall–Kier alpha value is -1.86. The van der Waals surface area contributed by atoms with Crippen LogP contribution in [0, 0.1) is 6.92 Å². The summed E-state index contributed by atoms with van der Waals surface area (Å²) in [5.74, 6) is -3.23. The van der Waals surface area contributed by atoms with Gasteiger partial charge in [-0.05, 0) is 35.1 Å². The fourth-order valence-electron chi connectivity index (χ4n) is 2.14. The molecule has 1 aliphatic rings. The summed E-state index contributed by atoms with van der Waals surface area (Å²) in [4.78, 5) is 5.29. The summed E-state index contributed by atoms with van der Waals surface area (Å²) < 4.78 is 38.0. The highest BCUT2D eigenvalue weighted by atomic mass is 32.1. The topological polar surface area (TPSA) is 41.8 Å². The van der Waals surface area contributed by atoms with Crippen LogP contribution in [0.3, 0.4) is 0 Å². The fraction of sp³-hybridized carbons (Fsp3) is 0.267. The number of aryl methyl sites for hydroxylation is 1. The van der Waals surface area contributed by atoms with Crippen molar-refractivity contribution in [3.8, 4) is 10.4 Å². The second kappa shape index (κ2) is 5.10. The van der Waals surface area contributed by atoms with Crippen LogP contribution >= 0.6 is 11.3 Å². The number of halogens is 3. The lowest BCUT2D eigenvalue weighted by atomic mass is 10.0. The summed E-state index contributed by atoms with van der Waals surface area (Å²) in [6, 6.07) is 9.02. The van der Waals surface area contributed by atoms with Crippen LogP contribution in [0.25, 0.3) is 10.4 Å². The predicted molar refractivity (Wildman–Crippen MR) is 77.7 cm³/mol. The Labute approximate surface area is 128 Å². The van der Waals surface area contributed by atoms with E-state index >= 15 is 0 Å². The summed E-state index contributed by atoms with van der Waals surface area (Å²) in [5, 5.41) is 14.8. The largest absolute Gasteiger partial charge is 0.458 e. The van der Waals surface area contributed by atoms with Crippen LogP contribution in [0.2, 0.25) is 0 Å². The quantitative estimate of drug-likeness (QED) is 0.902. The Morgan fingerprint density at radius 3 is 2.36 bits per heavy atom. The Bertz CT molecular complexity index is 721. The van der Waals surface area contributed by atoms with Gasteiger partial charge in [0.15, 0.2) is 0 Å². The number of alkyl halides is 3. The summed E-state index contributed by atoms with van der Waals surface area (Å²) in [6.07, 6.45) is -5.60. The molecular formula is C15H12F3NO2S. The first-order valence-electron chi connectivity index (χ1n) is 6.49. The predicted octanol–water partition coefficient (Wildman–Crippen LogP) is 4.10. The van der Waals surface area contributed by atoms with E-state index < -0.39 is 18.4 Å². The highest BCUT2D eigenvalue weighted by molar-refractivity contribution is 7.13. The van der Waals surface area contributed by atoms with Crippen LogP contribution in [0.15, 0.2) is 40.9 Å². The average Bonchev–Trinajstić information content (AvgIpc) is 3.06. The molecule has 2 heterocycles. The third kappa shape index (κ3) is 2.62.